The highest BCUT2D eigenvalue weighted by molar-refractivity contribution is 9.10. The summed E-state index contributed by atoms with van der Waals surface area (Å²) in [7, 11) is 0. The molecule has 0 spiro atoms. The second kappa shape index (κ2) is 7.07. The third-order valence-corrected chi connectivity index (χ3v) is 3.21. The zero-order chi connectivity index (χ0) is 13.5. The molecule has 19 heavy (non-hydrogen) atoms. The van der Waals surface area contributed by atoms with Crippen molar-refractivity contribution in [1.29, 1.82) is 0 Å². The van der Waals surface area contributed by atoms with Crippen LogP contribution in [-0.2, 0) is 6.54 Å². The lowest BCUT2D eigenvalue weighted by Gasteiger charge is -1.99. The van der Waals surface area contributed by atoms with Crippen LogP contribution in [0.2, 0.25) is 0 Å². The first-order valence-electron chi connectivity index (χ1n) is 6.02. The number of terminal acetylenes is 1. The molecule has 4 nitrogen and oxygen atoms in total. The fourth-order valence-corrected chi connectivity index (χ4v) is 2.03. The van der Waals surface area contributed by atoms with Crippen LogP contribution < -0.4 is 5.32 Å². The van der Waals surface area contributed by atoms with Crippen LogP contribution in [0.4, 0.5) is 0 Å². The summed E-state index contributed by atoms with van der Waals surface area (Å²) in [6.07, 6.45) is 6.90. The number of nitrogens with one attached hydrogen (secondary N) is 1. The van der Waals surface area contributed by atoms with Crippen molar-refractivity contribution >= 4 is 15.9 Å². The molecule has 1 aromatic carbocycles. The van der Waals surface area contributed by atoms with Crippen LogP contribution in [0.5, 0.6) is 0 Å². The van der Waals surface area contributed by atoms with Gasteiger partial charge in [-0.1, -0.05) is 12.1 Å². The Hall–Kier alpha value is -1.64. The van der Waals surface area contributed by atoms with Gasteiger partial charge < -0.3 is 9.73 Å². The molecule has 2 aromatic rings. The molecule has 1 N–H and O–H groups in total. The number of unbranched alkanes of at least 4 members (excludes halogenated alkanes) is 1. The summed E-state index contributed by atoms with van der Waals surface area (Å²) in [6, 6.07) is 7.75. The molecule has 0 saturated carbocycles. The Morgan fingerprint density at radius 2 is 2.16 bits per heavy atom. The van der Waals surface area contributed by atoms with E-state index in [0.29, 0.717) is 18.3 Å². The Morgan fingerprint density at radius 1 is 1.32 bits per heavy atom. The molecule has 0 aliphatic carbocycles. The van der Waals surface area contributed by atoms with Crippen LogP contribution in [0.15, 0.2) is 33.2 Å². The van der Waals surface area contributed by atoms with Crippen molar-refractivity contribution in [1.82, 2.24) is 15.5 Å². The molecular weight excluding hydrogens is 306 g/mol. The van der Waals surface area contributed by atoms with Gasteiger partial charge in [0.2, 0.25) is 11.8 Å². The number of hydrogen-bond donors (Lipinski definition) is 1. The summed E-state index contributed by atoms with van der Waals surface area (Å²) in [5.74, 6) is 3.70. The number of nitrogens with zero attached hydrogens (tertiary/aromatic N) is 2. The van der Waals surface area contributed by atoms with Crippen molar-refractivity contribution in [2.75, 3.05) is 6.54 Å². The van der Waals surface area contributed by atoms with Gasteiger partial charge in [0.1, 0.15) is 0 Å². The minimum absolute atomic E-state index is 0.521. The predicted molar refractivity (Wildman–Crippen MR) is 77.2 cm³/mol. The van der Waals surface area contributed by atoms with Gasteiger partial charge in [0, 0.05) is 10.9 Å². The largest absolute Gasteiger partial charge is 0.419 e. The van der Waals surface area contributed by atoms with Gasteiger partial charge in [0.15, 0.2) is 0 Å². The number of benzene rings is 1. The summed E-state index contributed by atoms with van der Waals surface area (Å²) in [6.45, 7) is 1.40. The second-order valence-corrected chi connectivity index (χ2v) is 4.82. The van der Waals surface area contributed by atoms with E-state index in [-0.39, 0.29) is 0 Å². The summed E-state index contributed by atoms with van der Waals surface area (Å²) in [4.78, 5) is 0. The van der Waals surface area contributed by atoms with Gasteiger partial charge in [-0.15, -0.1) is 22.5 Å². The van der Waals surface area contributed by atoms with Crippen molar-refractivity contribution in [3.8, 4) is 23.8 Å². The highest BCUT2D eigenvalue weighted by atomic mass is 79.9. The molecular formula is C14H14BrN3O. The minimum Gasteiger partial charge on any atom is -0.419 e. The number of halogens is 1. The zero-order valence-corrected chi connectivity index (χ0v) is 12.0. The lowest BCUT2D eigenvalue weighted by molar-refractivity contribution is 0.476. The molecule has 0 bridgehead atoms. The van der Waals surface area contributed by atoms with Crippen molar-refractivity contribution < 1.29 is 4.42 Å². The molecule has 0 atom stereocenters. The molecule has 0 amide bonds. The molecule has 0 radical (unpaired) electrons. The maximum absolute atomic E-state index is 5.60. The quantitative estimate of drug-likeness (QED) is 0.657. The van der Waals surface area contributed by atoms with Crippen LogP contribution in [0.1, 0.15) is 18.7 Å². The maximum atomic E-state index is 5.60. The Morgan fingerprint density at radius 3 is 2.95 bits per heavy atom. The summed E-state index contributed by atoms with van der Waals surface area (Å²) < 4.78 is 6.54. The lowest BCUT2D eigenvalue weighted by Crippen LogP contribution is -2.14. The molecule has 1 heterocycles. The smallest absolute Gasteiger partial charge is 0.248 e. The van der Waals surface area contributed by atoms with E-state index in [0.717, 1.165) is 29.4 Å². The number of rotatable bonds is 6. The molecule has 1 aromatic heterocycles. The Balaban J connectivity index is 1.93. The first kappa shape index (κ1) is 13.8. The van der Waals surface area contributed by atoms with E-state index in [1.807, 2.05) is 24.3 Å². The minimum atomic E-state index is 0.521. The molecule has 2 rings (SSSR count). The Labute approximate surface area is 120 Å². The third kappa shape index (κ3) is 3.91. The fourth-order valence-electron chi connectivity index (χ4n) is 1.58. The van der Waals surface area contributed by atoms with E-state index in [1.54, 1.807) is 0 Å². The molecule has 0 aliphatic heterocycles. The predicted octanol–water partition coefficient (Wildman–Crippen LogP) is 3.00. The van der Waals surface area contributed by atoms with Gasteiger partial charge in [-0.05, 0) is 41.0 Å². The van der Waals surface area contributed by atoms with E-state index >= 15 is 0 Å². The zero-order valence-electron chi connectivity index (χ0n) is 10.4. The highest BCUT2D eigenvalue weighted by Crippen LogP contribution is 2.26. The molecule has 0 fully saturated rings. The topological polar surface area (TPSA) is 51.0 Å². The Bertz CT molecular complexity index is 574. The fraction of sp³-hybridized carbons (Fsp3) is 0.286. The summed E-state index contributed by atoms with van der Waals surface area (Å²) >= 11 is 3.46. The molecule has 98 valence electrons. The lowest BCUT2D eigenvalue weighted by atomic mass is 10.2. The van der Waals surface area contributed by atoms with E-state index < -0.39 is 0 Å². The first-order chi connectivity index (χ1) is 9.31. The van der Waals surface area contributed by atoms with Gasteiger partial charge in [-0.2, -0.15) is 0 Å². The van der Waals surface area contributed by atoms with Gasteiger partial charge in [-0.3, -0.25) is 0 Å². The van der Waals surface area contributed by atoms with E-state index in [1.165, 1.54) is 0 Å². The molecule has 0 aliphatic rings. The van der Waals surface area contributed by atoms with Crippen LogP contribution in [-0.4, -0.2) is 16.7 Å². The third-order valence-electron chi connectivity index (χ3n) is 2.52. The van der Waals surface area contributed by atoms with E-state index in [9.17, 15) is 0 Å². The SMILES string of the molecule is C#CCCCNCc1nnc(-c2ccccc2Br)o1. The van der Waals surface area contributed by atoms with Gasteiger partial charge >= 0.3 is 0 Å². The number of hydrogen-bond acceptors (Lipinski definition) is 4. The van der Waals surface area contributed by atoms with Crippen molar-refractivity contribution in [3.05, 3.63) is 34.6 Å². The van der Waals surface area contributed by atoms with Crippen molar-refractivity contribution in [2.24, 2.45) is 0 Å². The van der Waals surface area contributed by atoms with Crippen molar-refractivity contribution in [2.45, 2.75) is 19.4 Å². The van der Waals surface area contributed by atoms with Gasteiger partial charge in [-0.25, -0.2) is 0 Å². The Kier molecular flexibility index (Phi) is 5.13. The van der Waals surface area contributed by atoms with Crippen molar-refractivity contribution in [3.63, 3.8) is 0 Å². The molecule has 5 heteroatoms. The standard InChI is InChI=1S/C14H14BrN3O/c1-2-3-6-9-16-10-13-17-18-14(19-13)11-7-4-5-8-12(11)15/h1,4-5,7-8,16H,3,6,9-10H2. The van der Waals surface area contributed by atoms with Gasteiger partial charge in [0.25, 0.3) is 0 Å². The molecule has 0 unspecified atom stereocenters. The monoisotopic (exact) mass is 319 g/mol. The van der Waals surface area contributed by atoms with Crippen LogP contribution in [0.25, 0.3) is 11.5 Å². The average Bonchev–Trinajstić information content (AvgIpc) is 2.88. The van der Waals surface area contributed by atoms with Crippen LogP contribution in [0.3, 0.4) is 0 Å². The van der Waals surface area contributed by atoms with Gasteiger partial charge in [0.05, 0.1) is 12.1 Å². The number of aromatic nitrogens is 2. The average molecular weight is 320 g/mol. The highest BCUT2D eigenvalue weighted by Gasteiger charge is 2.10. The van der Waals surface area contributed by atoms with Crippen LogP contribution >= 0.6 is 15.9 Å². The summed E-state index contributed by atoms with van der Waals surface area (Å²) in [5, 5.41) is 11.3. The normalized spacial score (nSPS) is 10.3. The first-order valence-corrected chi connectivity index (χ1v) is 6.82. The second-order valence-electron chi connectivity index (χ2n) is 3.97. The van der Waals surface area contributed by atoms with E-state index in [2.05, 4.69) is 37.4 Å². The molecule has 0 saturated heterocycles. The summed E-state index contributed by atoms with van der Waals surface area (Å²) in [5.41, 5.74) is 0.897. The maximum Gasteiger partial charge on any atom is 0.248 e. The van der Waals surface area contributed by atoms with Crippen LogP contribution in [0, 0.1) is 12.3 Å². The van der Waals surface area contributed by atoms with E-state index in [4.69, 9.17) is 10.8 Å².